The van der Waals surface area contributed by atoms with Gasteiger partial charge in [0, 0.05) is 37.3 Å². The second-order valence-electron chi connectivity index (χ2n) is 5.35. The van der Waals surface area contributed by atoms with Gasteiger partial charge >= 0.3 is 0 Å². The van der Waals surface area contributed by atoms with Crippen molar-refractivity contribution in [1.29, 1.82) is 0 Å². The van der Waals surface area contributed by atoms with Gasteiger partial charge in [0.25, 0.3) is 0 Å². The van der Waals surface area contributed by atoms with E-state index in [2.05, 4.69) is 29.2 Å². The fourth-order valence-electron chi connectivity index (χ4n) is 3.01. The fraction of sp³-hybridized carbons (Fsp3) is 0.786. The van der Waals surface area contributed by atoms with E-state index in [9.17, 15) is 0 Å². The van der Waals surface area contributed by atoms with Crippen LogP contribution in [-0.2, 0) is 0 Å². The molecule has 4 nitrogen and oxygen atoms in total. The van der Waals surface area contributed by atoms with Crippen molar-refractivity contribution in [2.24, 2.45) is 0 Å². The third kappa shape index (κ3) is 2.75. The van der Waals surface area contributed by atoms with E-state index in [0.29, 0.717) is 12.1 Å². The monoisotopic (exact) mass is 251 g/mol. The number of piperazine rings is 1. The molecule has 0 bridgehead atoms. The lowest BCUT2D eigenvalue weighted by molar-refractivity contribution is 0.147. The average Bonchev–Trinajstić information content (AvgIpc) is 2.69. The molecule has 2 unspecified atom stereocenters. The number of hydrogen-bond donors (Lipinski definition) is 1. The maximum absolute atomic E-state index is 5.29. The molecule has 1 aliphatic rings. The SMILES string of the molecule is CCCC1CN(C(C)c2c(C)noc2C)CCN1. The Morgan fingerprint density at radius 3 is 2.89 bits per heavy atom. The summed E-state index contributed by atoms with van der Waals surface area (Å²) in [5.74, 6) is 0.963. The van der Waals surface area contributed by atoms with Crippen molar-refractivity contribution in [3.8, 4) is 0 Å². The molecular weight excluding hydrogens is 226 g/mol. The molecule has 1 aromatic heterocycles. The normalized spacial score (nSPS) is 23.2. The zero-order chi connectivity index (χ0) is 13.1. The van der Waals surface area contributed by atoms with Crippen molar-refractivity contribution in [1.82, 2.24) is 15.4 Å². The predicted octanol–water partition coefficient (Wildman–Crippen LogP) is 2.43. The van der Waals surface area contributed by atoms with Gasteiger partial charge in [0.15, 0.2) is 0 Å². The summed E-state index contributed by atoms with van der Waals surface area (Å²) < 4.78 is 5.29. The van der Waals surface area contributed by atoms with E-state index in [4.69, 9.17) is 4.52 Å². The van der Waals surface area contributed by atoms with Gasteiger partial charge in [-0.2, -0.15) is 0 Å². The molecule has 0 aliphatic carbocycles. The quantitative estimate of drug-likeness (QED) is 0.892. The standard InChI is InChI=1S/C14H25N3O/c1-5-6-13-9-17(8-7-15-13)11(3)14-10(2)16-18-12(14)4/h11,13,15H,5-9H2,1-4H3. The molecule has 1 saturated heterocycles. The van der Waals surface area contributed by atoms with E-state index in [1.54, 1.807) is 0 Å². The lowest BCUT2D eigenvalue weighted by Crippen LogP contribution is -2.51. The van der Waals surface area contributed by atoms with Gasteiger partial charge in [-0.3, -0.25) is 4.90 Å². The zero-order valence-corrected chi connectivity index (χ0v) is 12.0. The van der Waals surface area contributed by atoms with Gasteiger partial charge in [0.05, 0.1) is 5.69 Å². The summed E-state index contributed by atoms with van der Waals surface area (Å²) in [4.78, 5) is 2.54. The summed E-state index contributed by atoms with van der Waals surface area (Å²) in [5.41, 5.74) is 2.30. The second kappa shape index (κ2) is 5.85. The maximum atomic E-state index is 5.29. The minimum absolute atomic E-state index is 0.401. The Kier molecular flexibility index (Phi) is 4.40. The molecule has 2 atom stereocenters. The van der Waals surface area contributed by atoms with E-state index in [-0.39, 0.29) is 0 Å². The van der Waals surface area contributed by atoms with Crippen LogP contribution in [0.4, 0.5) is 0 Å². The molecule has 0 aromatic carbocycles. The zero-order valence-electron chi connectivity index (χ0n) is 12.0. The van der Waals surface area contributed by atoms with Crippen molar-refractivity contribution in [2.45, 2.75) is 52.6 Å². The Morgan fingerprint density at radius 1 is 1.50 bits per heavy atom. The number of nitrogens with one attached hydrogen (secondary N) is 1. The number of aryl methyl sites for hydroxylation is 2. The first-order valence-corrected chi connectivity index (χ1v) is 7.03. The van der Waals surface area contributed by atoms with Crippen LogP contribution in [-0.4, -0.2) is 35.7 Å². The lowest BCUT2D eigenvalue weighted by Gasteiger charge is -2.37. The van der Waals surface area contributed by atoms with Crippen LogP contribution in [0.15, 0.2) is 4.52 Å². The van der Waals surface area contributed by atoms with Crippen molar-refractivity contribution in [3.05, 3.63) is 17.0 Å². The molecule has 2 rings (SSSR count). The van der Waals surface area contributed by atoms with Crippen molar-refractivity contribution in [2.75, 3.05) is 19.6 Å². The third-order valence-corrected chi connectivity index (χ3v) is 3.98. The molecular formula is C14H25N3O. The highest BCUT2D eigenvalue weighted by atomic mass is 16.5. The van der Waals surface area contributed by atoms with Gasteiger partial charge in [-0.15, -0.1) is 0 Å². The first kappa shape index (κ1) is 13.6. The molecule has 1 aliphatic heterocycles. The molecule has 1 aromatic rings. The summed E-state index contributed by atoms with van der Waals surface area (Å²) in [7, 11) is 0. The van der Waals surface area contributed by atoms with Gasteiger partial charge < -0.3 is 9.84 Å². The van der Waals surface area contributed by atoms with Crippen LogP contribution in [0.2, 0.25) is 0 Å². The van der Waals surface area contributed by atoms with Crippen LogP contribution in [0.25, 0.3) is 0 Å². The highest BCUT2D eigenvalue weighted by molar-refractivity contribution is 5.24. The Hall–Kier alpha value is -0.870. The van der Waals surface area contributed by atoms with Gasteiger partial charge in [-0.1, -0.05) is 18.5 Å². The third-order valence-electron chi connectivity index (χ3n) is 3.98. The summed E-state index contributed by atoms with van der Waals surface area (Å²) in [6.07, 6.45) is 2.50. The second-order valence-corrected chi connectivity index (χ2v) is 5.35. The predicted molar refractivity (Wildman–Crippen MR) is 72.7 cm³/mol. The highest BCUT2D eigenvalue weighted by Crippen LogP contribution is 2.27. The average molecular weight is 251 g/mol. The van der Waals surface area contributed by atoms with E-state index < -0.39 is 0 Å². The van der Waals surface area contributed by atoms with Crippen LogP contribution in [0.3, 0.4) is 0 Å². The molecule has 4 heteroatoms. The van der Waals surface area contributed by atoms with E-state index in [1.807, 2.05) is 13.8 Å². The summed E-state index contributed by atoms with van der Waals surface area (Å²) in [6.45, 7) is 11.9. The van der Waals surface area contributed by atoms with Gasteiger partial charge in [0.1, 0.15) is 5.76 Å². The van der Waals surface area contributed by atoms with E-state index in [1.165, 1.54) is 18.4 Å². The molecule has 0 spiro atoms. The topological polar surface area (TPSA) is 41.3 Å². The minimum atomic E-state index is 0.401. The van der Waals surface area contributed by atoms with Crippen LogP contribution in [0.5, 0.6) is 0 Å². The Balaban J connectivity index is 2.06. The number of hydrogen-bond acceptors (Lipinski definition) is 4. The van der Waals surface area contributed by atoms with Gasteiger partial charge in [0.2, 0.25) is 0 Å². The van der Waals surface area contributed by atoms with Crippen LogP contribution in [0.1, 0.15) is 49.7 Å². The highest BCUT2D eigenvalue weighted by Gasteiger charge is 2.26. The molecule has 1 N–H and O–H groups in total. The van der Waals surface area contributed by atoms with E-state index in [0.717, 1.165) is 31.1 Å². The van der Waals surface area contributed by atoms with Crippen molar-refractivity contribution in [3.63, 3.8) is 0 Å². The number of rotatable bonds is 4. The van der Waals surface area contributed by atoms with Crippen LogP contribution >= 0.6 is 0 Å². The minimum Gasteiger partial charge on any atom is -0.361 e. The molecule has 0 saturated carbocycles. The first-order chi connectivity index (χ1) is 8.63. The van der Waals surface area contributed by atoms with Gasteiger partial charge in [-0.05, 0) is 27.2 Å². The summed E-state index contributed by atoms with van der Waals surface area (Å²) in [5, 5.41) is 7.67. The van der Waals surface area contributed by atoms with Gasteiger partial charge in [-0.25, -0.2) is 0 Å². The Morgan fingerprint density at radius 2 is 2.28 bits per heavy atom. The fourth-order valence-corrected chi connectivity index (χ4v) is 3.01. The number of nitrogens with zero attached hydrogens (tertiary/aromatic N) is 2. The molecule has 0 radical (unpaired) electrons. The van der Waals surface area contributed by atoms with Crippen LogP contribution < -0.4 is 5.32 Å². The summed E-state index contributed by atoms with van der Waals surface area (Å²) >= 11 is 0. The summed E-state index contributed by atoms with van der Waals surface area (Å²) in [6, 6.07) is 1.03. The van der Waals surface area contributed by atoms with E-state index >= 15 is 0 Å². The maximum Gasteiger partial charge on any atom is 0.138 e. The molecule has 102 valence electrons. The molecule has 1 fully saturated rings. The Bertz CT molecular complexity index is 367. The Labute approximate surface area is 110 Å². The largest absolute Gasteiger partial charge is 0.361 e. The first-order valence-electron chi connectivity index (χ1n) is 7.03. The molecule has 0 amide bonds. The lowest BCUT2D eigenvalue weighted by atomic mass is 10.0. The van der Waals surface area contributed by atoms with Crippen molar-refractivity contribution >= 4 is 0 Å². The molecule has 2 heterocycles. The van der Waals surface area contributed by atoms with Crippen LogP contribution in [0, 0.1) is 13.8 Å². The number of aromatic nitrogens is 1. The smallest absolute Gasteiger partial charge is 0.138 e. The molecule has 18 heavy (non-hydrogen) atoms. The van der Waals surface area contributed by atoms with Crippen molar-refractivity contribution < 1.29 is 4.52 Å².